The molecule has 0 unspecified atom stereocenters. The Hall–Kier alpha value is -1.88. The maximum absolute atomic E-state index is 10.9. The first-order valence-electron chi connectivity index (χ1n) is 6.51. The highest BCUT2D eigenvalue weighted by molar-refractivity contribution is 5.88. The molecule has 1 N–H and O–H groups in total. The molecule has 5 nitrogen and oxygen atoms in total. The summed E-state index contributed by atoms with van der Waals surface area (Å²) in [6, 6.07) is 3.20. The zero-order chi connectivity index (χ0) is 13.2. The molecule has 3 rings (SSSR count). The van der Waals surface area contributed by atoms with Crippen molar-refractivity contribution < 1.29 is 14.6 Å². The molecular weight excluding hydrogens is 244 g/mol. The quantitative estimate of drug-likeness (QED) is 0.916. The number of rotatable bonds is 3. The van der Waals surface area contributed by atoms with Crippen LogP contribution in [-0.4, -0.2) is 33.7 Å². The normalized spacial score (nSPS) is 16.8. The van der Waals surface area contributed by atoms with Gasteiger partial charge in [-0.25, -0.2) is 9.78 Å². The molecule has 0 aliphatic carbocycles. The van der Waals surface area contributed by atoms with E-state index in [0.717, 1.165) is 38.2 Å². The summed E-state index contributed by atoms with van der Waals surface area (Å²) in [6.45, 7) is 1.67. The van der Waals surface area contributed by atoms with Crippen LogP contribution in [0.3, 0.4) is 0 Å². The Bertz CT molecular complexity index is 600. The van der Waals surface area contributed by atoms with Crippen molar-refractivity contribution in [3.63, 3.8) is 0 Å². The number of nitrogens with zero attached hydrogens (tertiary/aromatic N) is 2. The molecule has 0 bridgehead atoms. The zero-order valence-corrected chi connectivity index (χ0v) is 10.6. The van der Waals surface area contributed by atoms with Gasteiger partial charge in [-0.05, 0) is 37.3 Å². The maximum Gasteiger partial charge on any atom is 0.335 e. The second-order valence-corrected chi connectivity index (χ2v) is 4.98. The van der Waals surface area contributed by atoms with E-state index in [9.17, 15) is 4.79 Å². The number of carbonyl (C=O) groups is 1. The van der Waals surface area contributed by atoms with Gasteiger partial charge >= 0.3 is 5.97 Å². The van der Waals surface area contributed by atoms with Crippen LogP contribution in [0.15, 0.2) is 24.5 Å². The lowest BCUT2D eigenvalue weighted by atomic mass is 9.95. The zero-order valence-electron chi connectivity index (χ0n) is 10.6. The summed E-state index contributed by atoms with van der Waals surface area (Å²) in [7, 11) is 0. The standard InChI is InChI=1S/C14H16N2O3/c17-14(18)11-1-4-16-9-12(15-13(16)8-11)7-10-2-5-19-6-3-10/h1,4,8-10H,2-3,5-7H2,(H,17,18). The largest absolute Gasteiger partial charge is 0.478 e. The van der Waals surface area contributed by atoms with Gasteiger partial charge in [0, 0.05) is 25.6 Å². The average Bonchev–Trinajstić information content (AvgIpc) is 2.80. The van der Waals surface area contributed by atoms with Gasteiger partial charge in [0.15, 0.2) is 0 Å². The molecule has 3 heterocycles. The Morgan fingerprint density at radius 1 is 1.47 bits per heavy atom. The second kappa shape index (κ2) is 5.01. The highest BCUT2D eigenvalue weighted by atomic mass is 16.5. The van der Waals surface area contributed by atoms with Gasteiger partial charge in [-0.1, -0.05) is 0 Å². The molecule has 1 aliphatic rings. The van der Waals surface area contributed by atoms with Crippen LogP contribution >= 0.6 is 0 Å². The highest BCUT2D eigenvalue weighted by Crippen LogP contribution is 2.20. The Kier molecular flexibility index (Phi) is 3.21. The summed E-state index contributed by atoms with van der Waals surface area (Å²) in [5, 5.41) is 8.96. The molecule has 0 radical (unpaired) electrons. The van der Waals surface area contributed by atoms with Crippen LogP contribution in [-0.2, 0) is 11.2 Å². The van der Waals surface area contributed by atoms with Gasteiger partial charge in [0.05, 0.1) is 11.3 Å². The van der Waals surface area contributed by atoms with E-state index in [1.165, 1.54) is 0 Å². The van der Waals surface area contributed by atoms with Gasteiger partial charge in [-0.3, -0.25) is 0 Å². The summed E-state index contributed by atoms with van der Waals surface area (Å²) in [5.74, 6) is -0.297. The Labute approximate surface area is 110 Å². The van der Waals surface area contributed by atoms with E-state index < -0.39 is 5.97 Å². The fourth-order valence-electron chi connectivity index (χ4n) is 2.51. The first-order chi connectivity index (χ1) is 9.22. The molecule has 0 spiro atoms. The van der Waals surface area contributed by atoms with E-state index in [1.807, 2.05) is 10.6 Å². The minimum Gasteiger partial charge on any atom is -0.478 e. The van der Waals surface area contributed by atoms with Crippen LogP contribution in [0, 0.1) is 5.92 Å². The van der Waals surface area contributed by atoms with Gasteiger partial charge in [0.25, 0.3) is 0 Å². The predicted molar refractivity (Wildman–Crippen MR) is 69.4 cm³/mol. The molecule has 2 aromatic heterocycles. The van der Waals surface area contributed by atoms with Crippen molar-refractivity contribution in [3.8, 4) is 0 Å². The summed E-state index contributed by atoms with van der Waals surface area (Å²) in [6.07, 6.45) is 6.83. The number of carboxylic acids is 1. The minimum atomic E-state index is -0.920. The third-order valence-corrected chi connectivity index (χ3v) is 3.60. The van der Waals surface area contributed by atoms with Crippen LogP contribution in [0.5, 0.6) is 0 Å². The van der Waals surface area contributed by atoms with Crippen molar-refractivity contribution in [1.82, 2.24) is 9.38 Å². The molecule has 1 aliphatic heterocycles. The van der Waals surface area contributed by atoms with Gasteiger partial charge in [-0.15, -0.1) is 0 Å². The molecule has 19 heavy (non-hydrogen) atoms. The second-order valence-electron chi connectivity index (χ2n) is 4.98. The molecule has 1 fully saturated rings. The van der Waals surface area contributed by atoms with Crippen molar-refractivity contribution in [2.45, 2.75) is 19.3 Å². The van der Waals surface area contributed by atoms with Crippen LogP contribution in [0.2, 0.25) is 0 Å². The van der Waals surface area contributed by atoms with E-state index in [-0.39, 0.29) is 5.56 Å². The third kappa shape index (κ3) is 2.61. The summed E-state index contributed by atoms with van der Waals surface area (Å²) >= 11 is 0. The fourth-order valence-corrected chi connectivity index (χ4v) is 2.51. The molecule has 5 heteroatoms. The topological polar surface area (TPSA) is 63.8 Å². The number of fused-ring (bicyclic) bond motifs is 1. The lowest BCUT2D eigenvalue weighted by molar-refractivity contribution is 0.0662. The van der Waals surface area contributed by atoms with E-state index in [1.54, 1.807) is 18.3 Å². The first kappa shape index (κ1) is 12.2. The van der Waals surface area contributed by atoms with Gasteiger partial charge < -0.3 is 14.2 Å². The van der Waals surface area contributed by atoms with Gasteiger partial charge in [0.1, 0.15) is 5.65 Å². The fraction of sp³-hybridized carbons (Fsp3) is 0.429. The predicted octanol–water partition coefficient (Wildman–Crippen LogP) is 2.00. The van der Waals surface area contributed by atoms with Crippen molar-refractivity contribution in [3.05, 3.63) is 35.8 Å². The number of hydrogen-bond donors (Lipinski definition) is 1. The number of imidazole rings is 1. The Morgan fingerprint density at radius 2 is 2.26 bits per heavy atom. The molecular formula is C14H16N2O3. The lowest BCUT2D eigenvalue weighted by Gasteiger charge is -2.20. The van der Waals surface area contributed by atoms with E-state index in [0.29, 0.717) is 11.6 Å². The van der Waals surface area contributed by atoms with Crippen molar-refractivity contribution in [2.75, 3.05) is 13.2 Å². The highest BCUT2D eigenvalue weighted by Gasteiger charge is 2.16. The Balaban J connectivity index is 1.82. The SMILES string of the molecule is O=C(O)c1ccn2cc(CC3CCOCC3)nc2c1. The van der Waals surface area contributed by atoms with Gasteiger partial charge in [0.2, 0.25) is 0 Å². The molecule has 0 atom stereocenters. The lowest BCUT2D eigenvalue weighted by Crippen LogP contribution is -2.17. The molecule has 2 aromatic rings. The molecule has 0 amide bonds. The molecule has 0 aromatic carbocycles. The van der Waals surface area contributed by atoms with Crippen LogP contribution in [0.4, 0.5) is 0 Å². The monoisotopic (exact) mass is 260 g/mol. The summed E-state index contributed by atoms with van der Waals surface area (Å²) < 4.78 is 7.22. The molecule has 100 valence electrons. The van der Waals surface area contributed by atoms with E-state index in [2.05, 4.69) is 4.98 Å². The van der Waals surface area contributed by atoms with Crippen molar-refractivity contribution in [1.29, 1.82) is 0 Å². The smallest absolute Gasteiger partial charge is 0.335 e. The number of pyridine rings is 1. The first-order valence-corrected chi connectivity index (χ1v) is 6.51. The summed E-state index contributed by atoms with van der Waals surface area (Å²) in [5.41, 5.74) is 1.99. The molecule has 0 saturated carbocycles. The number of carboxylic acid groups (broad SMARTS) is 1. The van der Waals surface area contributed by atoms with Crippen LogP contribution in [0.25, 0.3) is 5.65 Å². The third-order valence-electron chi connectivity index (χ3n) is 3.60. The van der Waals surface area contributed by atoms with E-state index >= 15 is 0 Å². The average molecular weight is 260 g/mol. The van der Waals surface area contributed by atoms with Crippen molar-refractivity contribution >= 4 is 11.6 Å². The number of aromatic carboxylic acids is 1. The molecule has 1 saturated heterocycles. The number of ether oxygens (including phenoxy) is 1. The minimum absolute atomic E-state index is 0.274. The van der Waals surface area contributed by atoms with Crippen LogP contribution < -0.4 is 0 Å². The Morgan fingerprint density at radius 3 is 3.00 bits per heavy atom. The van der Waals surface area contributed by atoms with Crippen molar-refractivity contribution in [2.24, 2.45) is 5.92 Å². The number of aromatic nitrogens is 2. The number of hydrogen-bond acceptors (Lipinski definition) is 3. The van der Waals surface area contributed by atoms with E-state index in [4.69, 9.17) is 9.84 Å². The van der Waals surface area contributed by atoms with Crippen LogP contribution in [0.1, 0.15) is 28.9 Å². The summed E-state index contributed by atoms with van der Waals surface area (Å²) in [4.78, 5) is 15.4. The maximum atomic E-state index is 10.9. The van der Waals surface area contributed by atoms with Gasteiger partial charge in [-0.2, -0.15) is 0 Å².